The Morgan fingerprint density at radius 2 is 1.90 bits per heavy atom. The highest BCUT2D eigenvalue weighted by Crippen LogP contribution is 2.40. The van der Waals surface area contributed by atoms with E-state index in [4.69, 9.17) is 9.47 Å². The van der Waals surface area contributed by atoms with Gasteiger partial charge in [-0.25, -0.2) is 9.67 Å². The average molecular weight is 436 g/mol. The first kappa shape index (κ1) is 19.6. The summed E-state index contributed by atoms with van der Waals surface area (Å²) in [6.45, 7) is 1.54. The monoisotopic (exact) mass is 436 g/mol. The van der Waals surface area contributed by atoms with E-state index in [2.05, 4.69) is 15.4 Å². The molecule has 9 heteroatoms. The Kier molecular flexibility index (Phi) is 5.11. The van der Waals surface area contributed by atoms with E-state index in [-0.39, 0.29) is 24.2 Å². The van der Waals surface area contributed by atoms with Crippen molar-refractivity contribution in [3.05, 3.63) is 53.9 Å². The molecule has 0 saturated heterocycles. The first-order valence-corrected chi connectivity index (χ1v) is 11.0. The molecule has 5 rings (SSSR count). The standard InChI is InChI=1S/C22H20N4O4S/c1-13(27)16-9-18-19(30-12-29-18)10-17(16)23-20(28)11-31-22-24-21(14-7-8-14)26(25-22)15-5-3-2-4-6-15/h2-6,9-10,14H,7-8,11-12H2,1H3,(H,23,28). The zero-order valence-electron chi connectivity index (χ0n) is 16.8. The molecule has 0 radical (unpaired) electrons. The molecular formula is C22H20N4O4S. The number of nitrogens with zero attached hydrogens (tertiary/aromatic N) is 3. The number of carbonyl (C=O) groups is 2. The maximum Gasteiger partial charge on any atom is 0.234 e. The van der Waals surface area contributed by atoms with Crippen LogP contribution in [0.1, 0.15) is 41.9 Å². The molecule has 1 aromatic heterocycles. The Balaban J connectivity index is 1.30. The lowest BCUT2D eigenvalue weighted by atomic mass is 10.1. The number of hydrogen-bond donors (Lipinski definition) is 1. The van der Waals surface area contributed by atoms with Crippen molar-refractivity contribution in [2.75, 3.05) is 17.9 Å². The smallest absolute Gasteiger partial charge is 0.234 e. The highest BCUT2D eigenvalue weighted by atomic mass is 32.2. The number of fused-ring (bicyclic) bond motifs is 1. The molecule has 2 heterocycles. The zero-order chi connectivity index (χ0) is 21.4. The van der Waals surface area contributed by atoms with E-state index in [0.717, 1.165) is 24.4 Å². The molecule has 158 valence electrons. The number of amides is 1. The Labute approximate surface area is 183 Å². The van der Waals surface area contributed by atoms with E-state index in [1.54, 1.807) is 12.1 Å². The van der Waals surface area contributed by atoms with Crippen molar-refractivity contribution in [2.24, 2.45) is 0 Å². The summed E-state index contributed by atoms with van der Waals surface area (Å²) in [4.78, 5) is 29.3. The molecule has 0 unspecified atom stereocenters. The van der Waals surface area contributed by atoms with Crippen molar-refractivity contribution in [1.82, 2.24) is 14.8 Å². The van der Waals surface area contributed by atoms with Crippen LogP contribution in [-0.4, -0.2) is 39.0 Å². The highest BCUT2D eigenvalue weighted by molar-refractivity contribution is 7.99. The van der Waals surface area contributed by atoms with Crippen LogP contribution in [0.2, 0.25) is 0 Å². The molecule has 2 aromatic carbocycles. The number of rotatable bonds is 7. The number of thioether (sulfide) groups is 1. The molecule has 1 aliphatic heterocycles. The van der Waals surface area contributed by atoms with Crippen molar-refractivity contribution in [2.45, 2.75) is 30.8 Å². The Morgan fingerprint density at radius 3 is 2.61 bits per heavy atom. The summed E-state index contributed by atoms with van der Waals surface area (Å²) >= 11 is 1.27. The molecule has 1 saturated carbocycles. The van der Waals surface area contributed by atoms with Gasteiger partial charge in [0, 0.05) is 17.5 Å². The van der Waals surface area contributed by atoms with Gasteiger partial charge in [0.15, 0.2) is 17.3 Å². The van der Waals surface area contributed by atoms with Gasteiger partial charge in [-0.05, 0) is 38.0 Å². The van der Waals surface area contributed by atoms with Crippen LogP contribution in [0.4, 0.5) is 5.69 Å². The fourth-order valence-corrected chi connectivity index (χ4v) is 4.01. The number of Topliss-reactive ketones (excluding diaryl/α,β-unsaturated/α-hetero) is 1. The number of hydrogen-bond acceptors (Lipinski definition) is 7. The Morgan fingerprint density at radius 1 is 1.16 bits per heavy atom. The van der Waals surface area contributed by atoms with Crippen LogP contribution in [0.15, 0.2) is 47.6 Å². The molecule has 0 spiro atoms. The number of para-hydroxylation sites is 1. The maximum absolute atomic E-state index is 12.6. The molecule has 0 bridgehead atoms. The number of ether oxygens (including phenoxy) is 2. The van der Waals surface area contributed by atoms with E-state index in [0.29, 0.717) is 33.8 Å². The Bertz CT molecular complexity index is 1160. The molecule has 0 atom stereocenters. The van der Waals surface area contributed by atoms with E-state index in [1.807, 2.05) is 35.0 Å². The van der Waals surface area contributed by atoms with Crippen molar-refractivity contribution < 1.29 is 19.1 Å². The molecule has 1 fully saturated rings. The van der Waals surface area contributed by atoms with Crippen LogP contribution in [0.3, 0.4) is 0 Å². The quantitative estimate of drug-likeness (QED) is 0.444. The average Bonchev–Trinajstić information content (AvgIpc) is 3.36. The van der Waals surface area contributed by atoms with Gasteiger partial charge in [-0.2, -0.15) is 0 Å². The summed E-state index contributed by atoms with van der Waals surface area (Å²) < 4.78 is 12.5. The lowest BCUT2D eigenvalue weighted by molar-refractivity contribution is -0.113. The summed E-state index contributed by atoms with van der Waals surface area (Å²) in [5.74, 6) is 2.06. The maximum atomic E-state index is 12.6. The fraction of sp³-hybridized carbons (Fsp3) is 0.273. The fourth-order valence-electron chi connectivity index (χ4n) is 3.38. The number of carbonyl (C=O) groups excluding carboxylic acids is 2. The van der Waals surface area contributed by atoms with Crippen LogP contribution in [0.25, 0.3) is 5.69 Å². The van der Waals surface area contributed by atoms with Crippen molar-refractivity contribution in [1.29, 1.82) is 0 Å². The summed E-state index contributed by atoms with van der Waals surface area (Å²) in [5.41, 5.74) is 1.74. The third-order valence-electron chi connectivity index (χ3n) is 5.05. The minimum atomic E-state index is -0.254. The van der Waals surface area contributed by atoms with Crippen LogP contribution >= 0.6 is 11.8 Å². The van der Waals surface area contributed by atoms with Gasteiger partial charge in [-0.3, -0.25) is 9.59 Å². The van der Waals surface area contributed by atoms with Crippen LogP contribution in [0.5, 0.6) is 11.5 Å². The lowest BCUT2D eigenvalue weighted by Gasteiger charge is -2.10. The molecule has 1 aliphatic carbocycles. The minimum Gasteiger partial charge on any atom is -0.454 e. The largest absolute Gasteiger partial charge is 0.454 e. The first-order valence-electron chi connectivity index (χ1n) is 9.98. The van der Waals surface area contributed by atoms with Crippen molar-refractivity contribution in [3.8, 4) is 17.2 Å². The Hall–Kier alpha value is -3.33. The number of benzene rings is 2. The number of ketones is 1. The van der Waals surface area contributed by atoms with Crippen molar-refractivity contribution >= 4 is 29.1 Å². The second kappa shape index (κ2) is 8.07. The van der Waals surface area contributed by atoms with Crippen LogP contribution in [-0.2, 0) is 4.79 Å². The van der Waals surface area contributed by atoms with E-state index in [9.17, 15) is 9.59 Å². The zero-order valence-corrected chi connectivity index (χ0v) is 17.6. The van der Waals surface area contributed by atoms with Gasteiger partial charge in [0.25, 0.3) is 0 Å². The van der Waals surface area contributed by atoms with Gasteiger partial charge in [-0.15, -0.1) is 5.10 Å². The normalized spacial score (nSPS) is 14.5. The second-order valence-electron chi connectivity index (χ2n) is 7.42. The predicted octanol–water partition coefficient (Wildman–Crippen LogP) is 3.81. The lowest BCUT2D eigenvalue weighted by Crippen LogP contribution is -2.16. The summed E-state index contributed by atoms with van der Waals surface area (Å²) in [6, 6.07) is 13.1. The first-order chi connectivity index (χ1) is 15.1. The summed E-state index contributed by atoms with van der Waals surface area (Å²) in [7, 11) is 0. The number of anilines is 1. The van der Waals surface area contributed by atoms with Gasteiger partial charge in [-0.1, -0.05) is 30.0 Å². The molecular weight excluding hydrogens is 416 g/mol. The van der Waals surface area contributed by atoms with E-state index >= 15 is 0 Å². The van der Waals surface area contributed by atoms with Crippen LogP contribution < -0.4 is 14.8 Å². The molecule has 8 nitrogen and oxygen atoms in total. The third kappa shape index (κ3) is 4.13. The summed E-state index contributed by atoms with van der Waals surface area (Å²) in [6.07, 6.45) is 2.21. The van der Waals surface area contributed by atoms with E-state index in [1.165, 1.54) is 18.7 Å². The molecule has 3 aromatic rings. The number of aromatic nitrogens is 3. The topological polar surface area (TPSA) is 95.3 Å². The minimum absolute atomic E-state index is 0.0962. The van der Waals surface area contributed by atoms with Gasteiger partial charge >= 0.3 is 0 Å². The van der Waals surface area contributed by atoms with Gasteiger partial charge < -0.3 is 14.8 Å². The highest BCUT2D eigenvalue weighted by Gasteiger charge is 2.30. The summed E-state index contributed by atoms with van der Waals surface area (Å²) in [5, 5.41) is 7.97. The molecule has 31 heavy (non-hydrogen) atoms. The SMILES string of the molecule is CC(=O)c1cc2c(cc1NC(=O)CSc1nc(C3CC3)n(-c3ccccc3)n1)OCO2. The molecule has 1 N–H and O–H groups in total. The van der Waals surface area contributed by atoms with Crippen LogP contribution in [0, 0.1) is 0 Å². The van der Waals surface area contributed by atoms with Gasteiger partial charge in [0.2, 0.25) is 17.9 Å². The van der Waals surface area contributed by atoms with Gasteiger partial charge in [0.1, 0.15) is 5.82 Å². The third-order valence-corrected chi connectivity index (χ3v) is 5.89. The predicted molar refractivity (Wildman–Crippen MR) is 115 cm³/mol. The van der Waals surface area contributed by atoms with Crippen molar-refractivity contribution in [3.63, 3.8) is 0 Å². The van der Waals surface area contributed by atoms with E-state index < -0.39 is 0 Å². The van der Waals surface area contributed by atoms with Gasteiger partial charge in [0.05, 0.1) is 17.1 Å². The second-order valence-corrected chi connectivity index (χ2v) is 8.36. The molecule has 1 amide bonds. The number of nitrogens with one attached hydrogen (secondary N) is 1. The molecule has 2 aliphatic rings.